The zero-order chi connectivity index (χ0) is 15.1. The molecular weight excluding hydrogens is 266 g/mol. The first-order valence-electron chi connectivity index (χ1n) is 7.39. The Morgan fingerprint density at radius 3 is 2.67 bits per heavy atom. The highest BCUT2D eigenvalue weighted by molar-refractivity contribution is 5.94. The summed E-state index contributed by atoms with van der Waals surface area (Å²) in [5, 5.41) is 0. The van der Waals surface area contributed by atoms with Crippen molar-refractivity contribution in [3.63, 3.8) is 0 Å². The molecule has 1 aromatic rings. The Balaban J connectivity index is 1.94. The first kappa shape index (κ1) is 15.6. The van der Waals surface area contributed by atoms with Gasteiger partial charge < -0.3 is 14.4 Å². The summed E-state index contributed by atoms with van der Waals surface area (Å²) >= 11 is 0. The number of hydrogen-bond donors (Lipinski definition) is 0. The molecule has 1 heterocycles. The molecule has 0 radical (unpaired) electrons. The molecule has 1 fully saturated rings. The molecule has 1 aliphatic heterocycles. The van der Waals surface area contributed by atoms with Crippen LogP contribution in [0.25, 0.3) is 6.08 Å². The number of methoxy groups -OCH3 is 2. The van der Waals surface area contributed by atoms with Gasteiger partial charge in [0, 0.05) is 18.5 Å². The summed E-state index contributed by atoms with van der Waals surface area (Å²) < 4.78 is 10.6. The van der Waals surface area contributed by atoms with Crippen LogP contribution in [0.3, 0.4) is 0 Å². The van der Waals surface area contributed by atoms with Gasteiger partial charge in [-0.2, -0.15) is 0 Å². The molecule has 2 rings (SSSR count). The smallest absolute Gasteiger partial charge is 0.167 e. The van der Waals surface area contributed by atoms with Crippen LogP contribution in [0, 0.1) is 0 Å². The predicted molar refractivity (Wildman–Crippen MR) is 83.9 cm³/mol. The molecule has 0 aliphatic carbocycles. The molecule has 114 valence electrons. The van der Waals surface area contributed by atoms with Crippen LogP contribution >= 0.6 is 0 Å². The first-order chi connectivity index (χ1) is 10.2. The van der Waals surface area contributed by atoms with Gasteiger partial charge in [-0.25, -0.2) is 0 Å². The molecular formula is C17H23NO3. The number of nitrogens with zero attached hydrogens (tertiary/aromatic N) is 1. The van der Waals surface area contributed by atoms with Gasteiger partial charge >= 0.3 is 0 Å². The van der Waals surface area contributed by atoms with E-state index in [1.807, 2.05) is 18.2 Å². The van der Waals surface area contributed by atoms with E-state index in [4.69, 9.17) is 9.47 Å². The van der Waals surface area contributed by atoms with Crippen LogP contribution in [0.2, 0.25) is 0 Å². The molecule has 0 aromatic heterocycles. The van der Waals surface area contributed by atoms with E-state index >= 15 is 0 Å². The maximum atomic E-state index is 11.9. The third-order valence-corrected chi connectivity index (χ3v) is 3.76. The largest absolute Gasteiger partial charge is 0.493 e. The molecule has 4 nitrogen and oxygen atoms in total. The summed E-state index contributed by atoms with van der Waals surface area (Å²) in [6.45, 7) is 3.11. The number of likely N-dealkylation sites (tertiary alicyclic amines) is 1. The lowest BCUT2D eigenvalue weighted by Gasteiger charge is -2.12. The summed E-state index contributed by atoms with van der Waals surface area (Å²) in [6.07, 6.45) is 6.51. The van der Waals surface area contributed by atoms with E-state index in [0.29, 0.717) is 17.9 Å². The summed E-state index contributed by atoms with van der Waals surface area (Å²) in [5.41, 5.74) is 0.853. The van der Waals surface area contributed by atoms with Gasteiger partial charge in [-0.3, -0.25) is 4.79 Å². The van der Waals surface area contributed by atoms with Crippen molar-refractivity contribution in [2.24, 2.45) is 0 Å². The number of ketones is 1. The van der Waals surface area contributed by atoms with Crippen molar-refractivity contribution in [1.29, 1.82) is 0 Å². The van der Waals surface area contributed by atoms with Gasteiger partial charge in [0.15, 0.2) is 17.3 Å². The molecule has 4 heteroatoms. The second kappa shape index (κ2) is 7.84. The highest BCUT2D eigenvalue weighted by Gasteiger charge is 2.12. The van der Waals surface area contributed by atoms with Gasteiger partial charge in [-0.1, -0.05) is 12.1 Å². The molecule has 0 atom stereocenters. The van der Waals surface area contributed by atoms with Crippen molar-refractivity contribution in [2.45, 2.75) is 19.3 Å². The van der Waals surface area contributed by atoms with Gasteiger partial charge in [0.1, 0.15) is 0 Å². The average Bonchev–Trinajstić information content (AvgIpc) is 3.03. The molecule has 1 aromatic carbocycles. The number of rotatable bonds is 7. The number of carbonyl (C=O) groups excluding carboxylic acids is 1. The normalized spacial score (nSPS) is 15.5. The Morgan fingerprint density at radius 1 is 1.24 bits per heavy atom. The van der Waals surface area contributed by atoms with Crippen LogP contribution in [0.1, 0.15) is 24.8 Å². The lowest BCUT2D eigenvalue weighted by atomic mass is 10.1. The van der Waals surface area contributed by atoms with Crippen molar-refractivity contribution in [2.75, 3.05) is 33.9 Å². The molecule has 0 saturated carbocycles. The fraction of sp³-hybridized carbons (Fsp3) is 0.471. The second-order valence-electron chi connectivity index (χ2n) is 5.18. The van der Waals surface area contributed by atoms with E-state index in [1.54, 1.807) is 26.4 Å². The average molecular weight is 289 g/mol. The minimum Gasteiger partial charge on any atom is -0.493 e. The maximum Gasteiger partial charge on any atom is 0.167 e. The quantitative estimate of drug-likeness (QED) is 0.724. The Bertz CT molecular complexity index is 505. The maximum absolute atomic E-state index is 11.9. The zero-order valence-corrected chi connectivity index (χ0v) is 12.8. The molecule has 0 N–H and O–H groups in total. The fourth-order valence-electron chi connectivity index (χ4n) is 2.58. The van der Waals surface area contributed by atoms with Gasteiger partial charge in [-0.05, 0) is 44.1 Å². The molecule has 1 saturated heterocycles. The molecule has 0 bridgehead atoms. The van der Waals surface area contributed by atoms with Crippen LogP contribution in [-0.4, -0.2) is 44.5 Å². The topological polar surface area (TPSA) is 38.8 Å². The summed E-state index contributed by atoms with van der Waals surface area (Å²) in [4.78, 5) is 14.3. The van der Waals surface area contributed by atoms with Gasteiger partial charge in [0.25, 0.3) is 0 Å². The molecule has 0 spiro atoms. The Kier molecular flexibility index (Phi) is 5.81. The van der Waals surface area contributed by atoms with Gasteiger partial charge in [0.05, 0.1) is 14.2 Å². The lowest BCUT2D eigenvalue weighted by molar-refractivity contribution is -0.114. The van der Waals surface area contributed by atoms with E-state index in [-0.39, 0.29) is 5.78 Å². The van der Waals surface area contributed by atoms with E-state index in [2.05, 4.69) is 4.90 Å². The molecule has 0 amide bonds. The second-order valence-corrected chi connectivity index (χ2v) is 5.18. The molecule has 1 aliphatic rings. The number of ether oxygens (including phenoxy) is 2. The van der Waals surface area contributed by atoms with Gasteiger partial charge in [0.2, 0.25) is 0 Å². The third-order valence-electron chi connectivity index (χ3n) is 3.76. The first-order valence-corrected chi connectivity index (χ1v) is 7.39. The van der Waals surface area contributed by atoms with Crippen molar-refractivity contribution in [3.8, 4) is 11.5 Å². The summed E-state index contributed by atoms with van der Waals surface area (Å²) in [7, 11) is 3.21. The Morgan fingerprint density at radius 2 is 2.00 bits per heavy atom. The minimum absolute atomic E-state index is 0.145. The van der Waals surface area contributed by atoms with E-state index in [0.717, 1.165) is 25.2 Å². The minimum atomic E-state index is 0.145. The van der Waals surface area contributed by atoms with Crippen molar-refractivity contribution in [1.82, 2.24) is 4.90 Å². The molecule has 21 heavy (non-hydrogen) atoms. The number of para-hydroxylation sites is 1. The van der Waals surface area contributed by atoms with E-state index < -0.39 is 0 Å². The number of allylic oxidation sites excluding steroid dienone is 1. The van der Waals surface area contributed by atoms with Gasteiger partial charge in [-0.15, -0.1) is 0 Å². The van der Waals surface area contributed by atoms with Crippen LogP contribution in [0.4, 0.5) is 0 Å². The Hall–Kier alpha value is -1.81. The predicted octanol–water partition coefficient (Wildman–Crippen LogP) is 2.77. The standard InChI is InChI=1S/C17H23NO3/c1-20-16-7-5-6-14(17(16)21-2)8-9-15(19)10-13-18-11-3-4-12-18/h5-9H,3-4,10-13H2,1-2H3/b9-8+. The van der Waals surface area contributed by atoms with Crippen molar-refractivity contribution >= 4 is 11.9 Å². The van der Waals surface area contributed by atoms with Crippen LogP contribution < -0.4 is 9.47 Å². The van der Waals surface area contributed by atoms with Crippen molar-refractivity contribution < 1.29 is 14.3 Å². The SMILES string of the molecule is COc1cccc(/C=C/C(=O)CCN2CCCC2)c1OC. The zero-order valence-electron chi connectivity index (χ0n) is 12.8. The monoisotopic (exact) mass is 289 g/mol. The highest BCUT2D eigenvalue weighted by Crippen LogP contribution is 2.31. The highest BCUT2D eigenvalue weighted by atomic mass is 16.5. The van der Waals surface area contributed by atoms with E-state index in [9.17, 15) is 4.79 Å². The van der Waals surface area contributed by atoms with E-state index in [1.165, 1.54) is 12.8 Å². The molecule has 0 unspecified atom stereocenters. The number of hydrogen-bond acceptors (Lipinski definition) is 4. The number of benzene rings is 1. The third kappa shape index (κ3) is 4.33. The summed E-state index contributed by atoms with van der Waals surface area (Å²) in [5.74, 6) is 1.47. The lowest BCUT2D eigenvalue weighted by Crippen LogP contribution is -2.22. The van der Waals surface area contributed by atoms with Crippen LogP contribution in [-0.2, 0) is 4.79 Å². The number of carbonyl (C=O) groups is 1. The van der Waals surface area contributed by atoms with Crippen LogP contribution in [0.15, 0.2) is 24.3 Å². The van der Waals surface area contributed by atoms with Crippen LogP contribution in [0.5, 0.6) is 11.5 Å². The summed E-state index contributed by atoms with van der Waals surface area (Å²) in [6, 6.07) is 5.63. The fourth-order valence-corrected chi connectivity index (χ4v) is 2.58. The van der Waals surface area contributed by atoms with Crippen molar-refractivity contribution in [3.05, 3.63) is 29.8 Å². The Labute approximate surface area is 126 Å².